The Labute approximate surface area is 106 Å². The highest BCUT2D eigenvalue weighted by Crippen LogP contribution is 2.08. The highest BCUT2D eigenvalue weighted by Gasteiger charge is 2.14. The van der Waals surface area contributed by atoms with Gasteiger partial charge in [-0.15, -0.1) is 0 Å². The Morgan fingerprint density at radius 1 is 1.33 bits per heavy atom. The Balaban J connectivity index is 2.47. The van der Waals surface area contributed by atoms with Crippen LogP contribution in [-0.4, -0.2) is 31.8 Å². The number of nitrogens with one attached hydrogen (secondary N) is 1. The van der Waals surface area contributed by atoms with Crippen LogP contribution in [0.5, 0.6) is 0 Å². The lowest BCUT2D eigenvalue weighted by atomic mass is 10.1. The minimum absolute atomic E-state index is 0.0476. The highest BCUT2D eigenvalue weighted by atomic mass is 32.2. The van der Waals surface area contributed by atoms with Gasteiger partial charge in [0.25, 0.3) is 0 Å². The number of hydrogen-bond donors (Lipinski definition) is 3. The van der Waals surface area contributed by atoms with Gasteiger partial charge in [0.2, 0.25) is 10.0 Å². The zero-order chi connectivity index (χ0) is 13.6. The Morgan fingerprint density at radius 2 is 1.94 bits per heavy atom. The molecule has 0 saturated carbocycles. The molecule has 100 valence electrons. The van der Waals surface area contributed by atoms with Crippen molar-refractivity contribution in [1.82, 2.24) is 4.72 Å². The minimum atomic E-state index is -3.59. The molecule has 0 radical (unpaired) electrons. The predicted octanol–water partition coefficient (Wildman–Crippen LogP) is 0.0805. The second-order valence-electron chi connectivity index (χ2n) is 3.83. The molecule has 0 aliphatic carbocycles. The van der Waals surface area contributed by atoms with Gasteiger partial charge < -0.3 is 10.8 Å². The van der Waals surface area contributed by atoms with Gasteiger partial charge in [-0.1, -0.05) is 30.3 Å². The van der Waals surface area contributed by atoms with Crippen LogP contribution in [0.4, 0.5) is 0 Å². The molecule has 0 fully saturated rings. The number of carboxylic acid groups (broad SMARTS) is 1. The third-order valence-electron chi connectivity index (χ3n) is 2.34. The van der Waals surface area contributed by atoms with Gasteiger partial charge in [0.15, 0.2) is 0 Å². The van der Waals surface area contributed by atoms with E-state index in [1.807, 2.05) is 18.2 Å². The molecule has 6 nitrogen and oxygen atoms in total. The molecular weight excluding hydrogens is 256 g/mol. The first kappa shape index (κ1) is 14.6. The van der Waals surface area contributed by atoms with E-state index in [0.29, 0.717) is 0 Å². The quantitative estimate of drug-likeness (QED) is 0.651. The number of carboxylic acids is 1. The van der Waals surface area contributed by atoms with Gasteiger partial charge in [-0.05, 0) is 5.56 Å². The van der Waals surface area contributed by atoms with Crippen molar-refractivity contribution in [3.63, 3.8) is 0 Å². The van der Waals surface area contributed by atoms with Crippen molar-refractivity contribution < 1.29 is 18.3 Å². The van der Waals surface area contributed by atoms with Crippen LogP contribution in [-0.2, 0) is 14.8 Å². The molecule has 1 aromatic carbocycles. The maximum atomic E-state index is 11.4. The first-order valence-electron chi connectivity index (χ1n) is 5.40. The molecule has 0 saturated heterocycles. The van der Waals surface area contributed by atoms with Crippen molar-refractivity contribution in [2.45, 2.75) is 12.5 Å². The lowest BCUT2D eigenvalue weighted by Gasteiger charge is -2.13. The van der Waals surface area contributed by atoms with Crippen molar-refractivity contribution in [2.24, 2.45) is 5.73 Å². The van der Waals surface area contributed by atoms with E-state index in [9.17, 15) is 13.2 Å². The fourth-order valence-electron chi connectivity index (χ4n) is 1.33. The van der Waals surface area contributed by atoms with Crippen LogP contribution in [0.3, 0.4) is 0 Å². The topological polar surface area (TPSA) is 109 Å². The summed E-state index contributed by atoms with van der Waals surface area (Å²) in [6, 6.07) is 8.62. The van der Waals surface area contributed by atoms with Crippen LogP contribution in [0, 0.1) is 0 Å². The largest absolute Gasteiger partial charge is 0.481 e. The van der Waals surface area contributed by atoms with Crippen LogP contribution in [0.25, 0.3) is 0 Å². The normalized spacial score (nSPS) is 13.2. The fourth-order valence-corrected chi connectivity index (χ4v) is 2.35. The first-order chi connectivity index (χ1) is 8.41. The lowest BCUT2D eigenvalue weighted by molar-refractivity contribution is -0.136. The van der Waals surface area contributed by atoms with Crippen molar-refractivity contribution in [3.8, 4) is 0 Å². The van der Waals surface area contributed by atoms with E-state index in [1.54, 1.807) is 12.1 Å². The summed E-state index contributed by atoms with van der Waals surface area (Å²) in [6.07, 6.45) is -0.421. The van der Waals surface area contributed by atoms with E-state index < -0.39 is 34.2 Å². The van der Waals surface area contributed by atoms with Crippen molar-refractivity contribution >= 4 is 16.0 Å². The molecule has 0 aliphatic rings. The van der Waals surface area contributed by atoms with E-state index >= 15 is 0 Å². The van der Waals surface area contributed by atoms with Crippen LogP contribution in [0.1, 0.15) is 18.0 Å². The maximum absolute atomic E-state index is 11.4. The van der Waals surface area contributed by atoms with Gasteiger partial charge in [0.05, 0.1) is 12.2 Å². The number of hydrogen-bond acceptors (Lipinski definition) is 4. The Bertz CT molecular complexity index is 487. The molecule has 0 amide bonds. The predicted molar refractivity (Wildman–Crippen MR) is 67.4 cm³/mol. The maximum Gasteiger partial charge on any atom is 0.304 e. The van der Waals surface area contributed by atoms with E-state index in [4.69, 9.17) is 10.8 Å². The van der Waals surface area contributed by atoms with Crippen molar-refractivity contribution in [3.05, 3.63) is 35.9 Å². The van der Waals surface area contributed by atoms with Gasteiger partial charge in [-0.2, -0.15) is 0 Å². The van der Waals surface area contributed by atoms with Crippen LogP contribution < -0.4 is 10.5 Å². The van der Waals surface area contributed by atoms with Gasteiger partial charge in [-0.3, -0.25) is 4.79 Å². The average Bonchev–Trinajstić information content (AvgIpc) is 2.35. The monoisotopic (exact) mass is 272 g/mol. The van der Waals surface area contributed by atoms with Crippen LogP contribution in [0.15, 0.2) is 30.3 Å². The number of benzene rings is 1. The van der Waals surface area contributed by atoms with E-state index in [1.165, 1.54) is 0 Å². The smallest absolute Gasteiger partial charge is 0.304 e. The molecule has 0 aromatic heterocycles. The molecule has 0 heterocycles. The SMILES string of the molecule is NC(CNS(=O)(=O)CCC(=O)O)c1ccccc1. The summed E-state index contributed by atoms with van der Waals surface area (Å²) in [6.45, 7) is 0.0476. The summed E-state index contributed by atoms with van der Waals surface area (Å²) in [7, 11) is -3.59. The number of aliphatic carboxylic acids is 1. The summed E-state index contributed by atoms with van der Waals surface area (Å²) < 4.78 is 25.2. The Morgan fingerprint density at radius 3 is 2.50 bits per heavy atom. The molecule has 18 heavy (non-hydrogen) atoms. The number of sulfonamides is 1. The molecule has 0 spiro atoms. The minimum Gasteiger partial charge on any atom is -0.481 e. The zero-order valence-electron chi connectivity index (χ0n) is 9.74. The summed E-state index contributed by atoms with van der Waals surface area (Å²) in [5.74, 6) is -1.59. The van der Waals surface area contributed by atoms with Crippen LogP contribution >= 0.6 is 0 Å². The molecule has 1 aromatic rings. The molecule has 1 atom stereocenters. The number of nitrogens with two attached hydrogens (primary N) is 1. The third-order valence-corrected chi connectivity index (χ3v) is 3.68. The summed E-state index contributed by atoms with van der Waals surface area (Å²) in [4.78, 5) is 10.3. The van der Waals surface area contributed by atoms with Gasteiger partial charge in [-0.25, -0.2) is 13.1 Å². The molecule has 0 bridgehead atoms. The third kappa shape index (κ3) is 5.26. The summed E-state index contributed by atoms with van der Waals surface area (Å²) in [5, 5.41) is 8.42. The molecule has 4 N–H and O–H groups in total. The highest BCUT2D eigenvalue weighted by molar-refractivity contribution is 7.89. The molecular formula is C11H16N2O4S. The summed E-state index contributed by atoms with van der Waals surface area (Å²) in [5.41, 5.74) is 6.63. The lowest BCUT2D eigenvalue weighted by Crippen LogP contribution is -2.34. The van der Waals surface area contributed by atoms with Crippen LogP contribution in [0.2, 0.25) is 0 Å². The van der Waals surface area contributed by atoms with Crippen molar-refractivity contribution in [1.29, 1.82) is 0 Å². The van der Waals surface area contributed by atoms with Crippen molar-refractivity contribution in [2.75, 3.05) is 12.3 Å². The second kappa shape index (κ2) is 6.48. The Hall–Kier alpha value is -1.44. The second-order valence-corrected chi connectivity index (χ2v) is 5.75. The van der Waals surface area contributed by atoms with E-state index in [0.717, 1.165) is 5.56 Å². The van der Waals surface area contributed by atoms with Gasteiger partial charge >= 0.3 is 5.97 Å². The number of carbonyl (C=O) groups is 1. The summed E-state index contributed by atoms with van der Waals surface area (Å²) >= 11 is 0. The van der Waals surface area contributed by atoms with E-state index in [-0.39, 0.29) is 6.54 Å². The van der Waals surface area contributed by atoms with Gasteiger partial charge in [0.1, 0.15) is 0 Å². The molecule has 0 aliphatic heterocycles. The standard InChI is InChI=1S/C11H16N2O4S/c12-10(9-4-2-1-3-5-9)8-13-18(16,17)7-6-11(14)15/h1-5,10,13H,6-8,12H2,(H,14,15). The fraction of sp³-hybridized carbons (Fsp3) is 0.364. The molecule has 1 rings (SSSR count). The van der Waals surface area contributed by atoms with Gasteiger partial charge in [0, 0.05) is 12.6 Å². The molecule has 7 heteroatoms. The average molecular weight is 272 g/mol. The molecule has 1 unspecified atom stereocenters. The number of rotatable bonds is 7. The Kier molecular flexibility index (Phi) is 5.26. The first-order valence-corrected chi connectivity index (χ1v) is 7.05. The van der Waals surface area contributed by atoms with E-state index in [2.05, 4.69) is 4.72 Å². The zero-order valence-corrected chi connectivity index (χ0v) is 10.6.